The van der Waals surface area contributed by atoms with Gasteiger partial charge >= 0.3 is 6.18 Å². The second kappa shape index (κ2) is 4.12. The third-order valence-corrected chi connectivity index (χ3v) is 2.15. The van der Waals surface area contributed by atoms with Crippen LogP contribution in [0.25, 0.3) is 11.4 Å². The van der Waals surface area contributed by atoms with Gasteiger partial charge in [-0.3, -0.25) is 4.98 Å². The maximum Gasteiger partial charge on any atom is 0.419 e. The molecule has 2 aromatic rings. The summed E-state index contributed by atoms with van der Waals surface area (Å²) >= 11 is 0. The summed E-state index contributed by atoms with van der Waals surface area (Å²) < 4.78 is 36.8. The van der Waals surface area contributed by atoms with Gasteiger partial charge in [0.15, 0.2) is 5.82 Å². The van der Waals surface area contributed by atoms with Gasteiger partial charge in [0.05, 0.1) is 5.56 Å². The van der Waals surface area contributed by atoms with Gasteiger partial charge in [0.2, 0.25) is 0 Å². The Morgan fingerprint density at radius 1 is 0.941 bits per heavy atom. The molecule has 2 aromatic heterocycles. The molecule has 2 heterocycles. The fourth-order valence-corrected chi connectivity index (χ4v) is 1.22. The number of hydrogen-bond donors (Lipinski definition) is 0. The standard InChI is InChI=1S/C11H8F3N3/c1-7-2-3-8(4-15-7)10-16-5-9(6-17-10)11(12,13)14/h2-6H,1H3. The maximum absolute atomic E-state index is 12.3. The molecule has 88 valence electrons. The first kappa shape index (κ1) is 11.5. The molecule has 3 nitrogen and oxygen atoms in total. The number of halogens is 3. The quantitative estimate of drug-likeness (QED) is 0.768. The Kier molecular flexibility index (Phi) is 2.79. The lowest BCUT2D eigenvalue weighted by molar-refractivity contribution is -0.138. The summed E-state index contributed by atoms with van der Waals surface area (Å²) in [6.45, 7) is 1.82. The minimum Gasteiger partial charge on any atom is -0.261 e. The lowest BCUT2D eigenvalue weighted by Crippen LogP contribution is -2.06. The van der Waals surface area contributed by atoms with Crippen molar-refractivity contribution in [1.29, 1.82) is 0 Å². The SMILES string of the molecule is Cc1ccc(-c2ncc(C(F)(F)F)cn2)cn1. The van der Waals surface area contributed by atoms with Gasteiger partial charge in [0.1, 0.15) is 0 Å². The van der Waals surface area contributed by atoms with Crippen LogP contribution in [0.15, 0.2) is 30.7 Å². The van der Waals surface area contributed by atoms with E-state index in [-0.39, 0.29) is 5.82 Å². The van der Waals surface area contributed by atoms with E-state index in [0.717, 1.165) is 18.1 Å². The number of aryl methyl sites for hydroxylation is 1. The molecule has 0 atom stereocenters. The van der Waals surface area contributed by atoms with Crippen molar-refractivity contribution in [2.45, 2.75) is 13.1 Å². The van der Waals surface area contributed by atoms with E-state index in [1.807, 2.05) is 6.92 Å². The first-order valence-corrected chi connectivity index (χ1v) is 4.79. The minimum absolute atomic E-state index is 0.227. The smallest absolute Gasteiger partial charge is 0.261 e. The number of hydrogen-bond acceptors (Lipinski definition) is 3. The van der Waals surface area contributed by atoms with Crippen molar-refractivity contribution >= 4 is 0 Å². The molecule has 17 heavy (non-hydrogen) atoms. The number of alkyl halides is 3. The predicted molar refractivity (Wildman–Crippen MR) is 55.0 cm³/mol. The van der Waals surface area contributed by atoms with Gasteiger partial charge in [-0.2, -0.15) is 13.2 Å². The number of pyridine rings is 1. The molecular weight excluding hydrogens is 231 g/mol. The number of rotatable bonds is 1. The topological polar surface area (TPSA) is 38.7 Å². The van der Waals surface area contributed by atoms with E-state index >= 15 is 0 Å². The van der Waals surface area contributed by atoms with Crippen LogP contribution >= 0.6 is 0 Å². The molecule has 0 aliphatic carbocycles. The van der Waals surface area contributed by atoms with Crippen molar-refractivity contribution < 1.29 is 13.2 Å². The zero-order chi connectivity index (χ0) is 12.5. The molecule has 0 saturated heterocycles. The van der Waals surface area contributed by atoms with Crippen molar-refractivity contribution in [1.82, 2.24) is 15.0 Å². The molecule has 0 radical (unpaired) electrons. The molecular formula is C11H8F3N3. The van der Waals surface area contributed by atoms with E-state index in [1.54, 1.807) is 12.1 Å². The lowest BCUT2D eigenvalue weighted by atomic mass is 10.2. The van der Waals surface area contributed by atoms with E-state index in [0.29, 0.717) is 5.56 Å². The highest BCUT2D eigenvalue weighted by molar-refractivity contribution is 5.52. The van der Waals surface area contributed by atoms with Gasteiger partial charge in [-0.05, 0) is 19.1 Å². The summed E-state index contributed by atoms with van der Waals surface area (Å²) in [5.74, 6) is 0.227. The van der Waals surface area contributed by atoms with Crippen molar-refractivity contribution in [3.8, 4) is 11.4 Å². The highest BCUT2D eigenvalue weighted by Crippen LogP contribution is 2.28. The van der Waals surface area contributed by atoms with E-state index < -0.39 is 11.7 Å². The summed E-state index contributed by atoms with van der Waals surface area (Å²) in [5, 5.41) is 0. The first-order valence-electron chi connectivity index (χ1n) is 4.79. The number of nitrogens with zero attached hydrogens (tertiary/aromatic N) is 3. The van der Waals surface area contributed by atoms with Crippen LogP contribution < -0.4 is 0 Å². The Morgan fingerprint density at radius 2 is 1.59 bits per heavy atom. The fraction of sp³-hybridized carbons (Fsp3) is 0.182. The normalized spacial score (nSPS) is 11.5. The molecule has 0 aliphatic rings. The van der Waals surface area contributed by atoms with Crippen LogP contribution in [0.5, 0.6) is 0 Å². The molecule has 0 fully saturated rings. The van der Waals surface area contributed by atoms with Crippen LogP contribution in [0.2, 0.25) is 0 Å². The summed E-state index contributed by atoms with van der Waals surface area (Å²) in [6, 6.07) is 3.46. The van der Waals surface area contributed by atoms with Crippen LogP contribution in [0.3, 0.4) is 0 Å². The van der Waals surface area contributed by atoms with Gasteiger partial charge in [-0.25, -0.2) is 9.97 Å². The third-order valence-electron chi connectivity index (χ3n) is 2.15. The molecule has 0 amide bonds. The predicted octanol–water partition coefficient (Wildman–Crippen LogP) is 2.87. The number of aromatic nitrogens is 3. The monoisotopic (exact) mass is 239 g/mol. The Hall–Kier alpha value is -1.98. The lowest BCUT2D eigenvalue weighted by Gasteiger charge is -2.06. The second-order valence-corrected chi connectivity index (χ2v) is 3.48. The van der Waals surface area contributed by atoms with Crippen molar-refractivity contribution in [2.75, 3.05) is 0 Å². The zero-order valence-corrected chi connectivity index (χ0v) is 8.86. The highest BCUT2D eigenvalue weighted by Gasteiger charge is 2.31. The molecule has 0 N–H and O–H groups in total. The van der Waals surface area contributed by atoms with Crippen molar-refractivity contribution in [3.63, 3.8) is 0 Å². The Labute approximate surface area is 95.4 Å². The average molecular weight is 239 g/mol. The molecule has 0 spiro atoms. The summed E-state index contributed by atoms with van der Waals surface area (Å²) in [5.41, 5.74) is 0.548. The Morgan fingerprint density at radius 3 is 2.06 bits per heavy atom. The van der Waals surface area contributed by atoms with Crippen molar-refractivity contribution in [2.24, 2.45) is 0 Å². The Balaban J connectivity index is 2.33. The fourth-order valence-electron chi connectivity index (χ4n) is 1.22. The Bertz CT molecular complexity index is 503. The summed E-state index contributed by atoms with van der Waals surface area (Å²) in [7, 11) is 0. The van der Waals surface area contributed by atoms with Gasteiger partial charge in [-0.1, -0.05) is 0 Å². The van der Waals surface area contributed by atoms with E-state index in [9.17, 15) is 13.2 Å². The average Bonchev–Trinajstić information content (AvgIpc) is 2.29. The van der Waals surface area contributed by atoms with E-state index in [1.165, 1.54) is 6.20 Å². The molecule has 0 unspecified atom stereocenters. The van der Waals surface area contributed by atoms with E-state index in [4.69, 9.17) is 0 Å². The molecule has 2 rings (SSSR count). The van der Waals surface area contributed by atoms with Crippen molar-refractivity contribution in [3.05, 3.63) is 42.0 Å². The second-order valence-electron chi connectivity index (χ2n) is 3.48. The molecule has 0 aliphatic heterocycles. The van der Waals surface area contributed by atoms with Crippen LogP contribution in [0.4, 0.5) is 13.2 Å². The molecule has 6 heteroatoms. The van der Waals surface area contributed by atoms with Crippen LogP contribution in [-0.4, -0.2) is 15.0 Å². The first-order chi connectivity index (χ1) is 7.97. The van der Waals surface area contributed by atoms with Crippen LogP contribution in [0.1, 0.15) is 11.3 Å². The van der Waals surface area contributed by atoms with Gasteiger partial charge < -0.3 is 0 Å². The summed E-state index contributed by atoms with van der Waals surface area (Å²) in [4.78, 5) is 11.4. The molecule has 0 bridgehead atoms. The van der Waals surface area contributed by atoms with Gasteiger partial charge in [0.25, 0.3) is 0 Å². The molecule has 0 aromatic carbocycles. The minimum atomic E-state index is -4.41. The zero-order valence-electron chi connectivity index (χ0n) is 8.86. The van der Waals surface area contributed by atoms with Crippen LogP contribution in [0, 0.1) is 6.92 Å². The molecule has 0 saturated carbocycles. The third kappa shape index (κ3) is 2.58. The highest BCUT2D eigenvalue weighted by atomic mass is 19.4. The van der Waals surface area contributed by atoms with Gasteiger partial charge in [-0.15, -0.1) is 0 Å². The largest absolute Gasteiger partial charge is 0.419 e. The van der Waals surface area contributed by atoms with Crippen LogP contribution in [-0.2, 0) is 6.18 Å². The van der Waals surface area contributed by atoms with Gasteiger partial charge in [0, 0.05) is 29.8 Å². The summed E-state index contributed by atoms with van der Waals surface area (Å²) in [6.07, 6.45) is -1.35. The van der Waals surface area contributed by atoms with E-state index in [2.05, 4.69) is 15.0 Å². The maximum atomic E-state index is 12.3.